The molecule has 0 aromatic heterocycles. The summed E-state index contributed by atoms with van der Waals surface area (Å²) >= 11 is 0. The van der Waals surface area contributed by atoms with Crippen molar-refractivity contribution in [1.82, 2.24) is 5.32 Å². The van der Waals surface area contributed by atoms with E-state index in [-0.39, 0.29) is 0 Å². The van der Waals surface area contributed by atoms with Crippen LogP contribution in [0.3, 0.4) is 0 Å². The van der Waals surface area contributed by atoms with E-state index in [9.17, 15) is 0 Å². The van der Waals surface area contributed by atoms with Crippen molar-refractivity contribution in [3.8, 4) is 0 Å². The van der Waals surface area contributed by atoms with E-state index in [2.05, 4.69) is 12.2 Å². The van der Waals surface area contributed by atoms with Crippen LogP contribution in [0.1, 0.15) is 77.6 Å². The van der Waals surface area contributed by atoms with E-state index in [1.165, 1.54) is 77.2 Å². The molecule has 1 fully saturated rings. The van der Waals surface area contributed by atoms with Gasteiger partial charge in [0.15, 0.2) is 0 Å². The minimum absolute atomic E-state index is 0.609. The molecule has 19 heavy (non-hydrogen) atoms. The molecule has 0 aliphatic heterocycles. The number of nitrogens with one attached hydrogen (secondary N) is 1. The topological polar surface area (TPSA) is 21.3 Å². The summed E-state index contributed by atoms with van der Waals surface area (Å²) in [6.45, 7) is 5.35. The van der Waals surface area contributed by atoms with Gasteiger partial charge in [-0.25, -0.2) is 0 Å². The van der Waals surface area contributed by atoms with Gasteiger partial charge in [-0.1, -0.05) is 58.3 Å². The van der Waals surface area contributed by atoms with Crippen molar-refractivity contribution in [3.05, 3.63) is 0 Å². The zero-order valence-corrected chi connectivity index (χ0v) is 13.3. The van der Waals surface area contributed by atoms with Crippen LogP contribution < -0.4 is 5.32 Å². The Balaban J connectivity index is 2.24. The molecule has 0 aromatic rings. The molecule has 2 heteroatoms. The Morgan fingerprint density at radius 1 is 1.00 bits per heavy atom. The van der Waals surface area contributed by atoms with Gasteiger partial charge in [0.05, 0.1) is 6.61 Å². The summed E-state index contributed by atoms with van der Waals surface area (Å²) in [5, 5.41) is 3.62. The Morgan fingerprint density at radius 3 is 2.42 bits per heavy atom. The second kappa shape index (κ2) is 10.7. The fraction of sp³-hybridized carbons (Fsp3) is 1.00. The average molecular weight is 269 g/mol. The van der Waals surface area contributed by atoms with Gasteiger partial charge in [0, 0.05) is 20.2 Å². The van der Waals surface area contributed by atoms with Crippen molar-refractivity contribution < 1.29 is 4.74 Å². The van der Waals surface area contributed by atoms with Crippen molar-refractivity contribution in [2.24, 2.45) is 5.41 Å². The van der Waals surface area contributed by atoms with Gasteiger partial charge < -0.3 is 10.1 Å². The number of hydrogen-bond donors (Lipinski definition) is 1. The van der Waals surface area contributed by atoms with E-state index in [0.29, 0.717) is 5.41 Å². The molecule has 0 heterocycles. The standard InChI is InChI=1S/C17H35NO/c1-3-4-5-6-8-11-17(12-9-7-10-13-17)16-18-14-15-19-2/h18H,3-16H2,1-2H3. The van der Waals surface area contributed by atoms with Gasteiger partial charge >= 0.3 is 0 Å². The van der Waals surface area contributed by atoms with Crippen LogP contribution in [0.4, 0.5) is 0 Å². The molecule has 0 unspecified atom stereocenters. The van der Waals surface area contributed by atoms with E-state index < -0.39 is 0 Å². The molecule has 1 saturated carbocycles. The third-order valence-electron chi connectivity index (χ3n) is 4.71. The third-order valence-corrected chi connectivity index (χ3v) is 4.71. The first-order valence-corrected chi connectivity index (χ1v) is 8.53. The first-order valence-electron chi connectivity index (χ1n) is 8.53. The highest BCUT2D eigenvalue weighted by molar-refractivity contribution is 4.84. The van der Waals surface area contributed by atoms with Crippen LogP contribution in [-0.2, 0) is 4.74 Å². The average Bonchev–Trinajstić information content (AvgIpc) is 2.45. The second-order valence-corrected chi connectivity index (χ2v) is 6.39. The van der Waals surface area contributed by atoms with Crippen molar-refractivity contribution in [3.63, 3.8) is 0 Å². The molecule has 0 spiro atoms. The zero-order chi connectivity index (χ0) is 13.8. The molecule has 0 aromatic carbocycles. The van der Waals surface area contributed by atoms with E-state index in [1.807, 2.05) is 0 Å². The minimum atomic E-state index is 0.609. The van der Waals surface area contributed by atoms with Crippen LogP contribution in [0, 0.1) is 5.41 Å². The van der Waals surface area contributed by atoms with Gasteiger partial charge in [-0.05, 0) is 24.7 Å². The van der Waals surface area contributed by atoms with Gasteiger partial charge in [-0.2, -0.15) is 0 Å². The van der Waals surface area contributed by atoms with Crippen molar-refractivity contribution >= 4 is 0 Å². The third kappa shape index (κ3) is 7.31. The van der Waals surface area contributed by atoms with Crippen molar-refractivity contribution in [2.75, 3.05) is 26.8 Å². The molecular weight excluding hydrogens is 234 g/mol. The largest absolute Gasteiger partial charge is 0.383 e. The fourth-order valence-electron chi connectivity index (χ4n) is 3.45. The van der Waals surface area contributed by atoms with Crippen LogP contribution in [0.2, 0.25) is 0 Å². The SMILES string of the molecule is CCCCCCCC1(CNCCOC)CCCCC1. The predicted molar refractivity (Wildman–Crippen MR) is 83.6 cm³/mol. The van der Waals surface area contributed by atoms with Crippen LogP contribution in [0.25, 0.3) is 0 Å². The van der Waals surface area contributed by atoms with Gasteiger partial charge in [0.1, 0.15) is 0 Å². The molecule has 1 aliphatic rings. The maximum absolute atomic E-state index is 5.13. The smallest absolute Gasteiger partial charge is 0.0587 e. The van der Waals surface area contributed by atoms with Crippen molar-refractivity contribution in [1.29, 1.82) is 0 Å². The first-order chi connectivity index (χ1) is 9.33. The zero-order valence-electron chi connectivity index (χ0n) is 13.3. The quantitative estimate of drug-likeness (QED) is 0.556. The molecule has 1 rings (SSSR count). The van der Waals surface area contributed by atoms with Crippen LogP contribution in [0.15, 0.2) is 0 Å². The lowest BCUT2D eigenvalue weighted by Gasteiger charge is -2.38. The molecule has 1 aliphatic carbocycles. The Labute approximate surface area is 120 Å². The monoisotopic (exact) mass is 269 g/mol. The van der Waals surface area contributed by atoms with E-state index in [4.69, 9.17) is 4.74 Å². The molecule has 1 N–H and O–H groups in total. The highest BCUT2D eigenvalue weighted by Gasteiger charge is 2.30. The van der Waals surface area contributed by atoms with E-state index in [0.717, 1.165) is 13.2 Å². The predicted octanol–water partition coefficient (Wildman–Crippen LogP) is 4.53. The fourth-order valence-corrected chi connectivity index (χ4v) is 3.45. The maximum atomic E-state index is 5.13. The maximum Gasteiger partial charge on any atom is 0.0587 e. The Hall–Kier alpha value is -0.0800. The summed E-state index contributed by atoms with van der Waals surface area (Å²) in [5.74, 6) is 0. The summed E-state index contributed by atoms with van der Waals surface area (Å²) in [4.78, 5) is 0. The molecule has 0 saturated heterocycles. The molecule has 0 amide bonds. The van der Waals surface area contributed by atoms with Gasteiger partial charge in [-0.3, -0.25) is 0 Å². The second-order valence-electron chi connectivity index (χ2n) is 6.39. The molecule has 2 nitrogen and oxygen atoms in total. The van der Waals surface area contributed by atoms with Gasteiger partial charge in [0.2, 0.25) is 0 Å². The Kier molecular flexibility index (Phi) is 9.54. The minimum Gasteiger partial charge on any atom is -0.383 e. The normalized spacial score (nSPS) is 18.6. The summed E-state index contributed by atoms with van der Waals surface area (Å²) in [5.41, 5.74) is 0.609. The first kappa shape index (κ1) is 17.0. The lowest BCUT2D eigenvalue weighted by molar-refractivity contribution is 0.149. The molecule has 0 atom stereocenters. The summed E-state index contributed by atoms with van der Waals surface area (Å²) < 4.78 is 5.13. The van der Waals surface area contributed by atoms with E-state index >= 15 is 0 Å². The lowest BCUT2D eigenvalue weighted by Crippen LogP contribution is -2.37. The Morgan fingerprint density at radius 2 is 1.74 bits per heavy atom. The number of hydrogen-bond acceptors (Lipinski definition) is 2. The van der Waals surface area contributed by atoms with Gasteiger partial charge in [0.25, 0.3) is 0 Å². The number of unbranched alkanes of at least 4 members (excludes halogenated alkanes) is 4. The molecular formula is C17H35NO. The van der Waals surface area contributed by atoms with Crippen LogP contribution in [-0.4, -0.2) is 26.8 Å². The van der Waals surface area contributed by atoms with Gasteiger partial charge in [-0.15, -0.1) is 0 Å². The van der Waals surface area contributed by atoms with E-state index in [1.54, 1.807) is 7.11 Å². The number of methoxy groups -OCH3 is 1. The highest BCUT2D eigenvalue weighted by atomic mass is 16.5. The van der Waals surface area contributed by atoms with Crippen LogP contribution >= 0.6 is 0 Å². The highest BCUT2D eigenvalue weighted by Crippen LogP contribution is 2.40. The molecule has 0 bridgehead atoms. The molecule has 0 radical (unpaired) electrons. The summed E-state index contributed by atoms with van der Waals surface area (Å²) in [6, 6.07) is 0. The Bertz CT molecular complexity index is 199. The number of ether oxygens (including phenoxy) is 1. The van der Waals surface area contributed by atoms with Crippen molar-refractivity contribution in [2.45, 2.75) is 77.6 Å². The van der Waals surface area contributed by atoms with Crippen LogP contribution in [0.5, 0.6) is 0 Å². The summed E-state index contributed by atoms with van der Waals surface area (Å²) in [7, 11) is 1.78. The lowest BCUT2D eigenvalue weighted by atomic mass is 9.70. The molecule has 114 valence electrons. The summed E-state index contributed by atoms with van der Waals surface area (Å²) in [6.07, 6.45) is 15.8. The number of rotatable bonds is 11.